The van der Waals surface area contributed by atoms with Crippen LogP contribution in [0, 0.1) is 0 Å². The van der Waals surface area contributed by atoms with Gasteiger partial charge in [-0.1, -0.05) is 0 Å². The van der Waals surface area contributed by atoms with Gasteiger partial charge in [0.1, 0.15) is 0 Å². The predicted octanol–water partition coefficient (Wildman–Crippen LogP) is -0.283. The van der Waals surface area contributed by atoms with Gasteiger partial charge >= 0.3 is 49.7 Å². The van der Waals surface area contributed by atoms with E-state index in [9.17, 15) is 9.59 Å². The largest absolute Gasteiger partial charge is 2.00 e. The van der Waals surface area contributed by atoms with Gasteiger partial charge in [0.15, 0.2) is 11.4 Å². The van der Waals surface area contributed by atoms with Crippen LogP contribution in [0.3, 0.4) is 0 Å². The summed E-state index contributed by atoms with van der Waals surface area (Å²) in [7, 11) is 0. The molecular formula is C6H6CaN2O4. The molecule has 0 atom stereocenters. The van der Waals surface area contributed by atoms with Gasteiger partial charge in [0.2, 0.25) is 0 Å². The van der Waals surface area contributed by atoms with Crippen LogP contribution in [0.25, 0.3) is 0 Å². The molecule has 1 aromatic rings. The third-order valence-electron chi connectivity index (χ3n) is 1.10. The molecule has 1 aromatic heterocycles. The molecule has 6 nitrogen and oxygen atoms in total. The first kappa shape index (κ1) is 12.3. The Morgan fingerprint density at radius 3 is 1.62 bits per heavy atom. The maximum absolute atomic E-state index is 10.4. The van der Waals surface area contributed by atoms with Crippen LogP contribution in [0.1, 0.15) is 23.8 Å². The fourth-order valence-electron chi connectivity index (χ4n) is 0.651. The minimum Gasteiger partial charge on any atom is -1.00 e. The molecule has 0 aliphatic carbocycles. The Kier molecular flexibility index (Phi) is 4.82. The molecule has 0 aromatic carbocycles. The summed E-state index contributed by atoms with van der Waals surface area (Å²) in [6.07, 6.45) is 2.24. The standard InChI is InChI=1S/C6H4N2O4.Ca.2H/c9-5(10)3-4(6(11)12)8-2-1-7-3;;;/h1-2H,(H,9,10)(H,11,12);;;/q;+2;2*-1. The molecule has 0 spiro atoms. The number of carboxylic acids is 2. The summed E-state index contributed by atoms with van der Waals surface area (Å²) in [5.41, 5.74) is -1.10. The Balaban J connectivity index is -0.000000480. The minimum absolute atomic E-state index is 0. The number of hydrogen-bond donors (Lipinski definition) is 2. The molecule has 7 heteroatoms. The SMILES string of the molecule is O=C(O)c1nccnc1C(=O)O.[Ca+2].[H-].[H-]. The Labute approximate surface area is 106 Å². The third-order valence-corrected chi connectivity index (χ3v) is 1.10. The van der Waals surface area contributed by atoms with Crippen LogP contribution in [0.5, 0.6) is 0 Å². The Morgan fingerprint density at radius 2 is 1.38 bits per heavy atom. The number of carboxylic acid groups (broad SMARTS) is 2. The van der Waals surface area contributed by atoms with E-state index in [1.165, 1.54) is 0 Å². The maximum atomic E-state index is 10.4. The van der Waals surface area contributed by atoms with Crippen molar-refractivity contribution in [3.63, 3.8) is 0 Å². The van der Waals surface area contributed by atoms with Crippen LogP contribution < -0.4 is 0 Å². The van der Waals surface area contributed by atoms with Gasteiger partial charge in [-0.25, -0.2) is 19.6 Å². The summed E-state index contributed by atoms with van der Waals surface area (Å²) in [5.74, 6) is -2.80. The van der Waals surface area contributed by atoms with E-state index in [2.05, 4.69) is 9.97 Å². The molecule has 0 amide bonds. The van der Waals surface area contributed by atoms with E-state index in [0.29, 0.717) is 0 Å². The zero-order chi connectivity index (χ0) is 9.14. The average molecular weight is 210 g/mol. The molecule has 2 N–H and O–H groups in total. The summed E-state index contributed by atoms with van der Waals surface area (Å²) in [4.78, 5) is 27.4. The van der Waals surface area contributed by atoms with Crippen molar-refractivity contribution in [2.45, 2.75) is 0 Å². The summed E-state index contributed by atoms with van der Waals surface area (Å²) in [5, 5.41) is 16.9. The van der Waals surface area contributed by atoms with Crippen molar-refractivity contribution in [1.29, 1.82) is 0 Å². The molecule has 0 saturated heterocycles. The zero-order valence-corrected chi connectivity index (χ0v) is 8.68. The number of aromatic carboxylic acids is 2. The number of hydrogen-bond acceptors (Lipinski definition) is 4. The van der Waals surface area contributed by atoms with E-state index in [1.807, 2.05) is 0 Å². The molecule has 66 valence electrons. The molecule has 13 heavy (non-hydrogen) atoms. The fourth-order valence-corrected chi connectivity index (χ4v) is 0.651. The van der Waals surface area contributed by atoms with Crippen LogP contribution in [0.15, 0.2) is 12.4 Å². The second kappa shape index (κ2) is 5.11. The molecular weight excluding hydrogens is 204 g/mol. The average Bonchev–Trinajstić information content (AvgIpc) is 2.04. The van der Waals surface area contributed by atoms with Crippen molar-refractivity contribution in [2.24, 2.45) is 0 Å². The molecule has 1 rings (SSSR count). The van der Waals surface area contributed by atoms with Gasteiger partial charge in [0.05, 0.1) is 0 Å². The van der Waals surface area contributed by atoms with Crippen LogP contribution in [0.2, 0.25) is 0 Å². The van der Waals surface area contributed by atoms with Gasteiger partial charge in [-0.2, -0.15) is 0 Å². The summed E-state index contributed by atoms with van der Waals surface area (Å²) >= 11 is 0. The van der Waals surface area contributed by atoms with Gasteiger partial charge in [-0.3, -0.25) is 0 Å². The molecule has 1 heterocycles. The van der Waals surface area contributed by atoms with Crippen molar-refractivity contribution < 1.29 is 22.7 Å². The topological polar surface area (TPSA) is 100 Å². The van der Waals surface area contributed by atoms with E-state index in [0.717, 1.165) is 12.4 Å². The van der Waals surface area contributed by atoms with Crippen LogP contribution >= 0.6 is 0 Å². The summed E-state index contributed by atoms with van der Waals surface area (Å²) in [6, 6.07) is 0. The smallest absolute Gasteiger partial charge is 1.00 e. The first-order valence-corrected chi connectivity index (χ1v) is 2.90. The number of aromatic nitrogens is 2. The van der Waals surface area contributed by atoms with Crippen molar-refractivity contribution in [1.82, 2.24) is 9.97 Å². The Bertz CT molecular complexity index is 317. The van der Waals surface area contributed by atoms with Gasteiger partial charge in [0.25, 0.3) is 0 Å². The molecule has 0 saturated carbocycles. The number of carbonyl (C=O) groups is 2. The van der Waals surface area contributed by atoms with Crippen molar-refractivity contribution in [3.05, 3.63) is 23.8 Å². The zero-order valence-electron chi connectivity index (χ0n) is 8.47. The molecule has 0 unspecified atom stereocenters. The third kappa shape index (κ3) is 2.91. The first-order valence-electron chi connectivity index (χ1n) is 2.90. The van der Waals surface area contributed by atoms with Crippen molar-refractivity contribution in [3.8, 4) is 0 Å². The van der Waals surface area contributed by atoms with Crippen molar-refractivity contribution >= 4 is 49.7 Å². The first-order chi connectivity index (χ1) is 5.63. The van der Waals surface area contributed by atoms with Crippen LogP contribution in [-0.2, 0) is 0 Å². The van der Waals surface area contributed by atoms with Gasteiger partial charge < -0.3 is 13.1 Å². The van der Waals surface area contributed by atoms with Crippen LogP contribution in [0.4, 0.5) is 0 Å². The second-order valence-electron chi connectivity index (χ2n) is 1.86. The fraction of sp³-hybridized carbons (Fsp3) is 0. The molecule has 0 bridgehead atoms. The molecule has 0 radical (unpaired) electrons. The second-order valence-corrected chi connectivity index (χ2v) is 1.86. The summed E-state index contributed by atoms with van der Waals surface area (Å²) < 4.78 is 0. The van der Waals surface area contributed by atoms with E-state index < -0.39 is 23.3 Å². The summed E-state index contributed by atoms with van der Waals surface area (Å²) in [6.45, 7) is 0. The Morgan fingerprint density at radius 1 is 1.08 bits per heavy atom. The quantitative estimate of drug-likeness (QED) is 0.651. The van der Waals surface area contributed by atoms with Gasteiger partial charge in [-0.05, 0) is 0 Å². The molecule has 0 fully saturated rings. The maximum Gasteiger partial charge on any atom is 2.00 e. The number of rotatable bonds is 2. The monoisotopic (exact) mass is 210 g/mol. The van der Waals surface area contributed by atoms with Gasteiger partial charge in [0, 0.05) is 12.4 Å². The minimum atomic E-state index is -1.40. The number of nitrogens with zero attached hydrogens (tertiary/aromatic N) is 2. The Hall–Kier alpha value is -0.720. The van der Waals surface area contributed by atoms with Crippen molar-refractivity contribution in [2.75, 3.05) is 0 Å². The molecule has 0 aliphatic rings. The normalized spacial score (nSPS) is 8.62. The van der Waals surface area contributed by atoms with E-state index in [1.54, 1.807) is 0 Å². The van der Waals surface area contributed by atoms with E-state index in [-0.39, 0.29) is 40.6 Å². The van der Waals surface area contributed by atoms with Gasteiger partial charge in [-0.15, -0.1) is 0 Å². The molecule has 0 aliphatic heterocycles. The van der Waals surface area contributed by atoms with E-state index in [4.69, 9.17) is 10.2 Å². The van der Waals surface area contributed by atoms with Crippen LogP contribution in [-0.4, -0.2) is 69.9 Å². The predicted molar refractivity (Wildman–Crippen MR) is 43.9 cm³/mol. The van der Waals surface area contributed by atoms with E-state index >= 15 is 0 Å².